The van der Waals surface area contributed by atoms with E-state index in [1.165, 1.54) is 0 Å². The van der Waals surface area contributed by atoms with Crippen molar-refractivity contribution in [2.24, 2.45) is 5.73 Å². The van der Waals surface area contributed by atoms with Gasteiger partial charge in [-0.2, -0.15) is 0 Å². The van der Waals surface area contributed by atoms with Gasteiger partial charge in [0.05, 0.1) is 0 Å². The molecule has 1 rings (SSSR count). The van der Waals surface area contributed by atoms with Gasteiger partial charge in [0, 0.05) is 12.5 Å². The molecule has 1 unspecified atom stereocenters. The van der Waals surface area contributed by atoms with Gasteiger partial charge in [-0.15, -0.1) is 12.4 Å². The third-order valence-corrected chi connectivity index (χ3v) is 2.84. The minimum absolute atomic E-state index is 0. The molecule has 108 valence electrons. The van der Waals surface area contributed by atoms with Crippen LogP contribution >= 0.6 is 12.4 Å². The third kappa shape index (κ3) is 5.12. The van der Waals surface area contributed by atoms with Crippen molar-refractivity contribution in [2.75, 3.05) is 0 Å². The van der Waals surface area contributed by atoms with Gasteiger partial charge < -0.3 is 10.8 Å². The van der Waals surface area contributed by atoms with Gasteiger partial charge in [0.2, 0.25) is 0 Å². The van der Waals surface area contributed by atoms with Crippen LogP contribution in [0.25, 0.3) is 0 Å². The first-order valence-electron chi connectivity index (χ1n) is 5.84. The van der Waals surface area contributed by atoms with Gasteiger partial charge in [-0.25, -0.2) is 8.78 Å². The molecule has 0 aromatic heterocycles. The van der Waals surface area contributed by atoms with E-state index in [-0.39, 0.29) is 30.8 Å². The maximum Gasteiger partial charge on any atom is 0.324 e. The van der Waals surface area contributed by atoms with Gasteiger partial charge in [0.25, 0.3) is 0 Å². The van der Waals surface area contributed by atoms with Crippen LogP contribution in [0.2, 0.25) is 0 Å². The van der Waals surface area contributed by atoms with E-state index in [1.807, 2.05) is 6.92 Å². The highest BCUT2D eigenvalue weighted by atomic mass is 35.5. The maximum absolute atomic E-state index is 13.0. The highest BCUT2D eigenvalue weighted by Crippen LogP contribution is 2.20. The van der Waals surface area contributed by atoms with Gasteiger partial charge >= 0.3 is 5.97 Å². The van der Waals surface area contributed by atoms with Crippen molar-refractivity contribution in [1.82, 2.24) is 0 Å². The predicted octanol–water partition coefficient (Wildman–Crippen LogP) is 2.90. The number of aliphatic carboxylic acids is 1. The van der Waals surface area contributed by atoms with Gasteiger partial charge in [-0.3, -0.25) is 4.79 Å². The van der Waals surface area contributed by atoms with Crippen molar-refractivity contribution >= 4 is 18.4 Å². The topological polar surface area (TPSA) is 63.3 Å². The summed E-state index contributed by atoms with van der Waals surface area (Å²) in [5.74, 6) is -2.61. The van der Waals surface area contributed by atoms with E-state index < -0.39 is 23.1 Å². The van der Waals surface area contributed by atoms with E-state index in [0.29, 0.717) is 6.42 Å². The lowest BCUT2D eigenvalue weighted by molar-refractivity contribution is -0.143. The zero-order valence-electron chi connectivity index (χ0n) is 10.7. The molecule has 0 amide bonds. The fourth-order valence-electron chi connectivity index (χ4n) is 1.84. The maximum atomic E-state index is 13.0. The molecule has 3 nitrogen and oxygen atoms in total. The molecule has 0 heterocycles. The second-order valence-electron chi connectivity index (χ2n) is 4.52. The summed E-state index contributed by atoms with van der Waals surface area (Å²) in [7, 11) is 0. The number of nitrogens with two attached hydrogens (primary N) is 1. The summed E-state index contributed by atoms with van der Waals surface area (Å²) in [6, 6.07) is 2.97. The lowest BCUT2D eigenvalue weighted by Gasteiger charge is -2.24. The second kappa shape index (κ2) is 7.40. The third-order valence-electron chi connectivity index (χ3n) is 2.84. The Hall–Kier alpha value is -1.20. The molecule has 19 heavy (non-hydrogen) atoms. The van der Waals surface area contributed by atoms with Crippen LogP contribution in [-0.4, -0.2) is 16.6 Å². The van der Waals surface area contributed by atoms with E-state index in [2.05, 4.69) is 0 Å². The number of carboxylic acid groups (broad SMARTS) is 1. The fraction of sp³-hybridized carbons (Fsp3) is 0.462. The summed E-state index contributed by atoms with van der Waals surface area (Å²) < 4.78 is 26.1. The largest absolute Gasteiger partial charge is 0.480 e. The molecule has 0 bridgehead atoms. The molecule has 3 N–H and O–H groups in total. The highest BCUT2D eigenvalue weighted by molar-refractivity contribution is 5.85. The van der Waals surface area contributed by atoms with Crippen molar-refractivity contribution in [3.63, 3.8) is 0 Å². The molecule has 1 atom stereocenters. The normalized spacial score (nSPS) is 13.5. The zero-order chi connectivity index (χ0) is 13.8. The number of unbranched alkanes of at least 4 members (excludes halogenated alkanes) is 1. The molecule has 0 aliphatic heterocycles. The quantitative estimate of drug-likeness (QED) is 0.847. The van der Waals surface area contributed by atoms with Crippen molar-refractivity contribution in [2.45, 2.75) is 38.1 Å². The lowest BCUT2D eigenvalue weighted by atomic mass is 9.87. The number of rotatable bonds is 6. The Balaban J connectivity index is 0.00000324. The van der Waals surface area contributed by atoms with Crippen molar-refractivity contribution in [1.29, 1.82) is 0 Å². The van der Waals surface area contributed by atoms with Crippen molar-refractivity contribution in [3.8, 4) is 0 Å². The van der Waals surface area contributed by atoms with E-state index in [0.717, 1.165) is 24.6 Å². The predicted molar refractivity (Wildman–Crippen MR) is 71.4 cm³/mol. The molecule has 0 saturated heterocycles. The Morgan fingerprint density at radius 1 is 1.32 bits per heavy atom. The van der Waals surface area contributed by atoms with Crippen LogP contribution < -0.4 is 5.73 Å². The summed E-state index contributed by atoms with van der Waals surface area (Å²) in [4.78, 5) is 11.2. The van der Waals surface area contributed by atoms with Crippen LogP contribution in [0.3, 0.4) is 0 Å². The second-order valence-corrected chi connectivity index (χ2v) is 4.52. The first kappa shape index (κ1) is 17.8. The molecule has 1 aromatic rings. The van der Waals surface area contributed by atoms with Gasteiger partial charge in [0.1, 0.15) is 17.2 Å². The van der Waals surface area contributed by atoms with E-state index in [4.69, 9.17) is 10.8 Å². The zero-order valence-corrected chi connectivity index (χ0v) is 11.5. The SMILES string of the molecule is CCCCC(N)(Cc1cc(F)cc(F)c1)C(=O)O.Cl. The van der Waals surface area contributed by atoms with Crippen molar-refractivity contribution < 1.29 is 18.7 Å². The Bertz CT molecular complexity index is 422. The van der Waals surface area contributed by atoms with Gasteiger partial charge in [0.15, 0.2) is 0 Å². The monoisotopic (exact) mass is 293 g/mol. The molecule has 0 aliphatic rings. The average molecular weight is 294 g/mol. The summed E-state index contributed by atoms with van der Waals surface area (Å²) in [6.07, 6.45) is 1.65. The molecular formula is C13H18ClF2NO2. The molecule has 0 spiro atoms. The number of carboxylic acids is 1. The average Bonchev–Trinajstić information content (AvgIpc) is 2.24. The number of hydrogen-bond acceptors (Lipinski definition) is 2. The standard InChI is InChI=1S/C13H17F2NO2.ClH/c1-2-3-4-13(16,12(17)18)8-9-5-10(14)7-11(15)6-9;/h5-7H,2-4,8,16H2,1H3,(H,17,18);1H. The fourth-order valence-corrected chi connectivity index (χ4v) is 1.84. The highest BCUT2D eigenvalue weighted by Gasteiger charge is 2.33. The van der Waals surface area contributed by atoms with Crippen LogP contribution in [0.5, 0.6) is 0 Å². The van der Waals surface area contributed by atoms with E-state index in [9.17, 15) is 13.6 Å². The number of benzene rings is 1. The van der Waals surface area contributed by atoms with Gasteiger partial charge in [-0.1, -0.05) is 19.8 Å². The van der Waals surface area contributed by atoms with Crippen LogP contribution in [0.15, 0.2) is 18.2 Å². The number of hydrogen-bond donors (Lipinski definition) is 2. The van der Waals surface area contributed by atoms with Crippen LogP contribution in [0, 0.1) is 11.6 Å². The first-order valence-corrected chi connectivity index (χ1v) is 5.84. The molecule has 0 fully saturated rings. The van der Waals surface area contributed by atoms with Crippen LogP contribution in [0.4, 0.5) is 8.78 Å². The Labute approximate surface area is 117 Å². The summed E-state index contributed by atoms with van der Waals surface area (Å²) >= 11 is 0. The summed E-state index contributed by atoms with van der Waals surface area (Å²) in [5.41, 5.74) is 4.60. The molecule has 0 saturated carbocycles. The minimum Gasteiger partial charge on any atom is -0.480 e. The molecule has 1 aromatic carbocycles. The van der Waals surface area contributed by atoms with Gasteiger partial charge in [-0.05, 0) is 24.1 Å². The molecule has 6 heteroatoms. The van der Waals surface area contributed by atoms with E-state index in [1.54, 1.807) is 0 Å². The summed E-state index contributed by atoms with van der Waals surface area (Å²) in [6.45, 7) is 1.92. The minimum atomic E-state index is -1.48. The van der Waals surface area contributed by atoms with Crippen LogP contribution in [0.1, 0.15) is 31.7 Å². The number of carbonyl (C=O) groups is 1. The Morgan fingerprint density at radius 3 is 2.26 bits per heavy atom. The Kier molecular flexibility index (Phi) is 6.94. The van der Waals surface area contributed by atoms with Crippen molar-refractivity contribution in [3.05, 3.63) is 35.4 Å². The van der Waals surface area contributed by atoms with E-state index >= 15 is 0 Å². The number of halogens is 3. The first-order chi connectivity index (χ1) is 8.37. The summed E-state index contributed by atoms with van der Waals surface area (Å²) in [5, 5.41) is 9.15. The molecular weight excluding hydrogens is 276 g/mol. The smallest absolute Gasteiger partial charge is 0.324 e. The lowest BCUT2D eigenvalue weighted by Crippen LogP contribution is -2.49. The Morgan fingerprint density at radius 2 is 1.84 bits per heavy atom. The molecule has 0 radical (unpaired) electrons. The molecule has 0 aliphatic carbocycles. The van der Waals surface area contributed by atoms with Crippen LogP contribution in [-0.2, 0) is 11.2 Å².